The zero-order valence-electron chi connectivity index (χ0n) is 13.9. The summed E-state index contributed by atoms with van der Waals surface area (Å²) in [5.41, 5.74) is 3.10. The third-order valence-electron chi connectivity index (χ3n) is 3.93. The van der Waals surface area contributed by atoms with Gasteiger partial charge >= 0.3 is 0 Å². The van der Waals surface area contributed by atoms with Crippen molar-refractivity contribution in [2.24, 2.45) is 0 Å². The van der Waals surface area contributed by atoms with E-state index < -0.39 is 0 Å². The van der Waals surface area contributed by atoms with Crippen LogP contribution < -0.4 is 4.74 Å². The highest BCUT2D eigenvalue weighted by molar-refractivity contribution is 7.99. The fraction of sp³-hybridized carbons (Fsp3) is 0.167. The molecule has 0 aliphatic carbocycles. The third kappa shape index (κ3) is 3.01. The number of oxazole rings is 1. The molecule has 0 aliphatic heterocycles. The third-order valence-corrected chi connectivity index (χ3v) is 5.67. The van der Waals surface area contributed by atoms with E-state index in [1.165, 1.54) is 11.8 Å². The molecule has 0 spiro atoms. The molecule has 7 heteroatoms. The number of thiophene rings is 1. The number of ether oxygens (including phenoxy) is 1. The van der Waals surface area contributed by atoms with Gasteiger partial charge in [0.1, 0.15) is 27.7 Å². The second-order valence-corrected chi connectivity index (χ2v) is 7.26. The van der Waals surface area contributed by atoms with Crippen LogP contribution in [-0.2, 0) is 0 Å². The van der Waals surface area contributed by atoms with Crippen molar-refractivity contribution in [3.8, 4) is 16.9 Å². The zero-order valence-corrected chi connectivity index (χ0v) is 15.6. The number of methoxy groups -OCH3 is 1. The van der Waals surface area contributed by atoms with Crippen LogP contribution in [0.1, 0.15) is 11.5 Å². The predicted octanol–water partition coefficient (Wildman–Crippen LogP) is 5.12. The van der Waals surface area contributed by atoms with Crippen molar-refractivity contribution in [1.82, 2.24) is 15.0 Å². The van der Waals surface area contributed by atoms with Gasteiger partial charge in [0.15, 0.2) is 0 Å². The Hall–Kier alpha value is -2.38. The van der Waals surface area contributed by atoms with Crippen LogP contribution in [-0.4, -0.2) is 22.1 Å². The van der Waals surface area contributed by atoms with Crippen molar-refractivity contribution in [3.63, 3.8) is 0 Å². The topological polar surface area (TPSA) is 61.0 Å². The molecule has 126 valence electrons. The summed E-state index contributed by atoms with van der Waals surface area (Å²) in [4.78, 5) is 14.3. The Balaban J connectivity index is 1.80. The molecule has 3 aromatic heterocycles. The van der Waals surface area contributed by atoms with Gasteiger partial charge in [0.25, 0.3) is 5.22 Å². The average Bonchev–Trinajstić information content (AvgIpc) is 3.19. The lowest BCUT2D eigenvalue weighted by atomic mass is 10.1. The largest absolute Gasteiger partial charge is 0.497 e. The van der Waals surface area contributed by atoms with Gasteiger partial charge in [-0.15, -0.1) is 11.3 Å². The van der Waals surface area contributed by atoms with Crippen molar-refractivity contribution in [2.75, 3.05) is 7.11 Å². The minimum absolute atomic E-state index is 0.599. The summed E-state index contributed by atoms with van der Waals surface area (Å²) in [5, 5.41) is 4.58. The van der Waals surface area contributed by atoms with Gasteiger partial charge in [-0.2, -0.15) is 0 Å². The Labute approximate surface area is 153 Å². The zero-order chi connectivity index (χ0) is 17.4. The molecule has 25 heavy (non-hydrogen) atoms. The molecule has 0 unspecified atom stereocenters. The van der Waals surface area contributed by atoms with Crippen LogP contribution in [0.2, 0.25) is 0 Å². The first-order valence-electron chi connectivity index (χ1n) is 7.64. The first-order chi connectivity index (χ1) is 12.2. The quantitative estimate of drug-likeness (QED) is 0.465. The lowest BCUT2D eigenvalue weighted by Crippen LogP contribution is -1.86. The van der Waals surface area contributed by atoms with Crippen molar-refractivity contribution in [3.05, 3.63) is 47.4 Å². The lowest BCUT2D eigenvalue weighted by molar-refractivity contribution is 0.415. The van der Waals surface area contributed by atoms with Crippen LogP contribution in [0, 0.1) is 13.8 Å². The summed E-state index contributed by atoms with van der Waals surface area (Å²) in [6, 6.07) is 7.99. The van der Waals surface area contributed by atoms with Crippen LogP contribution in [0.4, 0.5) is 0 Å². The number of fused-ring (bicyclic) bond motifs is 1. The molecule has 0 N–H and O–H groups in total. The molecule has 0 atom stereocenters. The second-order valence-electron chi connectivity index (χ2n) is 5.46. The van der Waals surface area contributed by atoms with Gasteiger partial charge in [-0.3, -0.25) is 0 Å². The molecule has 4 rings (SSSR count). The van der Waals surface area contributed by atoms with Crippen molar-refractivity contribution in [1.29, 1.82) is 0 Å². The number of nitrogens with zero attached hydrogens (tertiary/aromatic N) is 3. The van der Waals surface area contributed by atoms with E-state index in [0.717, 1.165) is 43.6 Å². The van der Waals surface area contributed by atoms with Gasteiger partial charge in [0.2, 0.25) is 0 Å². The lowest BCUT2D eigenvalue weighted by Gasteiger charge is -2.05. The fourth-order valence-corrected chi connectivity index (χ4v) is 4.38. The Morgan fingerprint density at radius 1 is 1.12 bits per heavy atom. The standard InChI is InChI=1S/C18H15N3O2S2/c1-10-11(2)23-18(21-10)25-17-15-14(8-24-16(15)19-9-20-17)12-4-6-13(22-3)7-5-12/h4-9H,1-3H3. The van der Waals surface area contributed by atoms with Crippen LogP contribution in [0.15, 0.2) is 50.6 Å². The van der Waals surface area contributed by atoms with E-state index in [0.29, 0.717) is 5.22 Å². The number of rotatable bonds is 4. The molecule has 5 nitrogen and oxygen atoms in total. The van der Waals surface area contributed by atoms with E-state index in [2.05, 4.69) is 20.3 Å². The molecule has 4 aromatic rings. The number of aromatic nitrogens is 3. The summed E-state index contributed by atoms with van der Waals surface area (Å²) in [6.07, 6.45) is 1.58. The Kier molecular flexibility index (Phi) is 4.19. The molecule has 1 aromatic carbocycles. The number of hydrogen-bond acceptors (Lipinski definition) is 7. The van der Waals surface area contributed by atoms with Crippen LogP contribution >= 0.6 is 23.1 Å². The number of aryl methyl sites for hydroxylation is 2. The molecule has 0 fully saturated rings. The maximum Gasteiger partial charge on any atom is 0.262 e. The summed E-state index contributed by atoms with van der Waals surface area (Å²) < 4.78 is 10.9. The van der Waals surface area contributed by atoms with E-state index in [1.807, 2.05) is 38.1 Å². The highest BCUT2D eigenvalue weighted by atomic mass is 32.2. The fourth-order valence-electron chi connectivity index (χ4n) is 2.48. The van der Waals surface area contributed by atoms with Gasteiger partial charge in [-0.05, 0) is 43.3 Å². The van der Waals surface area contributed by atoms with Crippen LogP contribution in [0.3, 0.4) is 0 Å². The van der Waals surface area contributed by atoms with E-state index in [1.54, 1.807) is 24.8 Å². The number of hydrogen-bond donors (Lipinski definition) is 0. The summed E-state index contributed by atoms with van der Waals surface area (Å²) >= 11 is 3.03. The highest BCUT2D eigenvalue weighted by Crippen LogP contribution is 2.40. The predicted molar refractivity (Wildman–Crippen MR) is 99.5 cm³/mol. The van der Waals surface area contributed by atoms with E-state index in [-0.39, 0.29) is 0 Å². The van der Waals surface area contributed by atoms with Gasteiger partial charge in [0.05, 0.1) is 18.2 Å². The maximum atomic E-state index is 5.70. The smallest absolute Gasteiger partial charge is 0.262 e. The monoisotopic (exact) mass is 369 g/mol. The Morgan fingerprint density at radius 2 is 1.92 bits per heavy atom. The molecule has 0 aliphatic rings. The van der Waals surface area contributed by atoms with E-state index >= 15 is 0 Å². The van der Waals surface area contributed by atoms with Crippen molar-refractivity contribution < 1.29 is 9.15 Å². The van der Waals surface area contributed by atoms with Gasteiger partial charge < -0.3 is 9.15 Å². The summed E-state index contributed by atoms with van der Waals surface area (Å²) in [6.45, 7) is 3.85. The molecular weight excluding hydrogens is 354 g/mol. The van der Waals surface area contributed by atoms with E-state index in [9.17, 15) is 0 Å². The second kappa shape index (κ2) is 6.50. The normalized spacial score (nSPS) is 11.2. The molecule has 0 saturated carbocycles. The first-order valence-corrected chi connectivity index (χ1v) is 9.34. The van der Waals surface area contributed by atoms with Gasteiger partial charge in [-0.25, -0.2) is 15.0 Å². The van der Waals surface area contributed by atoms with Gasteiger partial charge in [0, 0.05) is 10.9 Å². The van der Waals surface area contributed by atoms with Crippen molar-refractivity contribution in [2.45, 2.75) is 24.1 Å². The summed E-state index contributed by atoms with van der Waals surface area (Å²) in [5.74, 6) is 1.66. The maximum absolute atomic E-state index is 5.70. The molecule has 0 bridgehead atoms. The van der Waals surface area contributed by atoms with E-state index in [4.69, 9.17) is 9.15 Å². The highest BCUT2D eigenvalue weighted by Gasteiger charge is 2.16. The Bertz CT molecular complexity index is 1020. The minimum Gasteiger partial charge on any atom is -0.497 e. The van der Waals surface area contributed by atoms with Crippen LogP contribution in [0.5, 0.6) is 5.75 Å². The molecule has 0 amide bonds. The molecular formula is C18H15N3O2S2. The summed E-state index contributed by atoms with van der Waals surface area (Å²) in [7, 11) is 1.66. The van der Waals surface area contributed by atoms with Gasteiger partial charge in [-0.1, -0.05) is 12.1 Å². The first kappa shape index (κ1) is 16.1. The average molecular weight is 369 g/mol. The molecule has 0 radical (unpaired) electrons. The van der Waals surface area contributed by atoms with Crippen LogP contribution in [0.25, 0.3) is 21.3 Å². The molecule has 3 heterocycles. The molecule has 0 saturated heterocycles. The SMILES string of the molecule is COc1ccc(-c2csc3ncnc(Sc4nc(C)c(C)o4)c23)cc1. The number of benzene rings is 1. The Morgan fingerprint density at radius 3 is 2.60 bits per heavy atom. The van der Waals surface area contributed by atoms with Crippen molar-refractivity contribution >= 4 is 33.3 Å². The minimum atomic E-state index is 0.599.